The van der Waals surface area contributed by atoms with E-state index in [4.69, 9.17) is 4.74 Å². The van der Waals surface area contributed by atoms with Gasteiger partial charge in [-0.3, -0.25) is 0 Å². The van der Waals surface area contributed by atoms with E-state index in [1.807, 2.05) is 43.3 Å². The van der Waals surface area contributed by atoms with Gasteiger partial charge in [0.25, 0.3) is 0 Å². The monoisotopic (exact) mass is 489 g/mol. The van der Waals surface area contributed by atoms with E-state index in [-0.39, 0.29) is 11.4 Å². The number of aryl methyl sites for hydroxylation is 1. The molecule has 0 amide bonds. The standard InChI is InChI=1S/C26H27N5O3S/c1-19-18-25(30-22-10-8-21(9-11-22)20-6-4-3-5-7-20)31-26(29-19)27-16-17-28-35(32,33)24-14-12-23(34-2)13-15-24/h3-15,18,28H,16-17H2,1-2H3,(H2,27,29,30,31). The largest absolute Gasteiger partial charge is 0.497 e. The fourth-order valence-electron chi connectivity index (χ4n) is 3.43. The average Bonchev–Trinajstić information content (AvgIpc) is 2.87. The van der Waals surface area contributed by atoms with Crippen molar-refractivity contribution in [1.82, 2.24) is 14.7 Å². The van der Waals surface area contributed by atoms with Crippen molar-refractivity contribution in [3.63, 3.8) is 0 Å². The zero-order valence-electron chi connectivity index (χ0n) is 19.5. The summed E-state index contributed by atoms with van der Waals surface area (Å²) >= 11 is 0. The molecule has 4 aromatic rings. The molecule has 0 aliphatic heterocycles. The Morgan fingerprint density at radius 2 is 1.51 bits per heavy atom. The Labute approximate surface area is 205 Å². The molecule has 0 atom stereocenters. The van der Waals surface area contributed by atoms with Crippen LogP contribution in [0, 0.1) is 6.92 Å². The van der Waals surface area contributed by atoms with Crippen LogP contribution < -0.4 is 20.1 Å². The number of aromatic nitrogens is 2. The number of hydrogen-bond donors (Lipinski definition) is 3. The van der Waals surface area contributed by atoms with Crippen LogP contribution in [-0.4, -0.2) is 38.6 Å². The number of sulfonamides is 1. The van der Waals surface area contributed by atoms with E-state index in [0.29, 0.717) is 24.1 Å². The first-order chi connectivity index (χ1) is 16.9. The van der Waals surface area contributed by atoms with Crippen molar-refractivity contribution in [3.8, 4) is 16.9 Å². The van der Waals surface area contributed by atoms with Crippen LogP contribution in [-0.2, 0) is 10.0 Å². The molecule has 0 fully saturated rings. The Bertz CT molecular complexity index is 1360. The lowest BCUT2D eigenvalue weighted by molar-refractivity contribution is 0.414. The van der Waals surface area contributed by atoms with Gasteiger partial charge in [-0.25, -0.2) is 18.1 Å². The highest BCUT2D eigenvalue weighted by atomic mass is 32.2. The van der Waals surface area contributed by atoms with E-state index in [1.165, 1.54) is 19.2 Å². The lowest BCUT2D eigenvalue weighted by Gasteiger charge is -2.11. The molecule has 180 valence electrons. The lowest BCUT2D eigenvalue weighted by Crippen LogP contribution is -2.29. The second-order valence-corrected chi connectivity index (χ2v) is 9.55. The Morgan fingerprint density at radius 3 is 2.20 bits per heavy atom. The number of nitrogens with zero attached hydrogens (tertiary/aromatic N) is 2. The molecule has 1 aromatic heterocycles. The summed E-state index contributed by atoms with van der Waals surface area (Å²) in [6.45, 7) is 2.38. The first kappa shape index (κ1) is 24.2. The Kier molecular flexibility index (Phi) is 7.59. The molecule has 0 radical (unpaired) electrons. The third-order valence-electron chi connectivity index (χ3n) is 5.19. The molecule has 4 rings (SSSR count). The fraction of sp³-hybridized carbons (Fsp3) is 0.154. The molecule has 3 aromatic carbocycles. The van der Waals surface area contributed by atoms with Crippen LogP contribution in [0.2, 0.25) is 0 Å². The Morgan fingerprint density at radius 1 is 0.829 bits per heavy atom. The topological polar surface area (TPSA) is 105 Å². The molecular formula is C26H27N5O3S. The molecule has 9 heteroatoms. The first-order valence-corrected chi connectivity index (χ1v) is 12.6. The zero-order valence-corrected chi connectivity index (χ0v) is 20.3. The number of anilines is 3. The number of benzene rings is 3. The number of nitrogens with one attached hydrogen (secondary N) is 3. The lowest BCUT2D eigenvalue weighted by atomic mass is 10.1. The predicted molar refractivity (Wildman–Crippen MR) is 139 cm³/mol. The van der Waals surface area contributed by atoms with Gasteiger partial charge in [0, 0.05) is 30.5 Å². The van der Waals surface area contributed by atoms with Crippen molar-refractivity contribution in [3.05, 3.63) is 90.6 Å². The molecule has 0 unspecified atom stereocenters. The van der Waals surface area contributed by atoms with E-state index < -0.39 is 10.0 Å². The van der Waals surface area contributed by atoms with Crippen LogP contribution in [0.1, 0.15) is 5.69 Å². The van der Waals surface area contributed by atoms with Gasteiger partial charge in [-0.1, -0.05) is 42.5 Å². The van der Waals surface area contributed by atoms with Crippen LogP contribution in [0.5, 0.6) is 5.75 Å². The molecule has 0 aliphatic rings. The van der Waals surface area contributed by atoms with Gasteiger partial charge in [-0.15, -0.1) is 0 Å². The maximum absolute atomic E-state index is 12.4. The van der Waals surface area contributed by atoms with E-state index in [1.54, 1.807) is 12.1 Å². The summed E-state index contributed by atoms with van der Waals surface area (Å²) in [5.74, 6) is 1.65. The van der Waals surface area contributed by atoms with Crippen molar-refractivity contribution in [1.29, 1.82) is 0 Å². The highest BCUT2D eigenvalue weighted by molar-refractivity contribution is 7.89. The summed E-state index contributed by atoms with van der Waals surface area (Å²) in [7, 11) is -2.09. The summed E-state index contributed by atoms with van der Waals surface area (Å²) < 4.78 is 32.5. The highest BCUT2D eigenvalue weighted by Gasteiger charge is 2.13. The van der Waals surface area contributed by atoms with E-state index >= 15 is 0 Å². The van der Waals surface area contributed by atoms with Gasteiger partial charge in [0.05, 0.1) is 12.0 Å². The van der Waals surface area contributed by atoms with Crippen LogP contribution in [0.4, 0.5) is 17.5 Å². The molecule has 35 heavy (non-hydrogen) atoms. The quantitative estimate of drug-likeness (QED) is 0.280. The Balaban J connectivity index is 1.33. The van der Waals surface area contributed by atoms with E-state index in [9.17, 15) is 8.42 Å². The number of methoxy groups -OCH3 is 1. The molecule has 1 heterocycles. The minimum Gasteiger partial charge on any atom is -0.497 e. The first-order valence-electron chi connectivity index (χ1n) is 11.1. The summed E-state index contributed by atoms with van der Waals surface area (Å²) in [5, 5.41) is 6.37. The normalized spacial score (nSPS) is 11.1. The summed E-state index contributed by atoms with van der Waals surface area (Å²) in [4.78, 5) is 9.06. The maximum Gasteiger partial charge on any atom is 0.240 e. The minimum absolute atomic E-state index is 0.176. The minimum atomic E-state index is -3.62. The number of ether oxygens (including phenoxy) is 1. The Hall–Kier alpha value is -3.95. The second-order valence-electron chi connectivity index (χ2n) is 7.79. The maximum atomic E-state index is 12.4. The van der Waals surface area contributed by atoms with Crippen LogP contribution in [0.15, 0.2) is 89.8 Å². The van der Waals surface area contributed by atoms with Crippen molar-refractivity contribution in [2.24, 2.45) is 0 Å². The van der Waals surface area contributed by atoms with Gasteiger partial charge < -0.3 is 15.4 Å². The molecular weight excluding hydrogens is 462 g/mol. The van der Waals surface area contributed by atoms with Gasteiger partial charge in [0.15, 0.2) is 0 Å². The van der Waals surface area contributed by atoms with Gasteiger partial charge >= 0.3 is 0 Å². The van der Waals surface area contributed by atoms with E-state index in [2.05, 4.69) is 49.6 Å². The molecule has 8 nitrogen and oxygen atoms in total. The summed E-state index contributed by atoms with van der Waals surface area (Å²) in [6, 6.07) is 26.4. The molecule has 3 N–H and O–H groups in total. The van der Waals surface area contributed by atoms with Gasteiger partial charge in [-0.05, 0) is 54.4 Å². The average molecular weight is 490 g/mol. The van der Waals surface area contributed by atoms with Crippen molar-refractivity contribution in [2.45, 2.75) is 11.8 Å². The van der Waals surface area contributed by atoms with E-state index in [0.717, 1.165) is 22.5 Å². The second kappa shape index (κ2) is 11.0. The third kappa shape index (κ3) is 6.56. The molecule has 0 saturated heterocycles. The number of hydrogen-bond acceptors (Lipinski definition) is 7. The third-order valence-corrected chi connectivity index (χ3v) is 6.67. The SMILES string of the molecule is COc1ccc(S(=O)(=O)NCCNc2nc(C)cc(Nc3ccc(-c4ccccc4)cc3)n2)cc1. The highest BCUT2D eigenvalue weighted by Crippen LogP contribution is 2.23. The zero-order chi connectivity index (χ0) is 24.7. The fourth-order valence-corrected chi connectivity index (χ4v) is 4.47. The smallest absolute Gasteiger partial charge is 0.240 e. The molecule has 0 bridgehead atoms. The van der Waals surface area contributed by atoms with Gasteiger partial charge in [0.2, 0.25) is 16.0 Å². The van der Waals surface area contributed by atoms with Crippen LogP contribution in [0.3, 0.4) is 0 Å². The molecule has 0 aliphatic carbocycles. The van der Waals surface area contributed by atoms with Crippen molar-refractivity contribution >= 4 is 27.5 Å². The van der Waals surface area contributed by atoms with Crippen molar-refractivity contribution < 1.29 is 13.2 Å². The van der Waals surface area contributed by atoms with Crippen LogP contribution in [0.25, 0.3) is 11.1 Å². The molecule has 0 saturated carbocycles. The predicted octanol–water partition coefficient (Wildman–Crippen LogP) is 4.59. The number of rotatable bonds is 10. The summed E-state index contributed by atoms with van der Waals surface area (Å²) in [5.41, 5.74) is 3.98. The van der Waals surface area contributed by atoms with Crippen LogP contribution >= 0.6 is 0 Å². The molecule has 0 spiro atoms. The van der Waals surface area contributed by atoms with Crippen molar-refractivity contribution in [2.75, 3.05) is 30.8 Å². The van der Waals surface area contributed by atoms with Gasteiger partial charge in [-0.2, -0.15) is 4.98 Å². The summed E-state index contributed by atoms with van der Waals surface area (Å²) in [6.07, 6.45) is 0. The van der Waals surface area contributed by atoms with Gasteiger partial charge in [0.1, 0.15) is 11.6 Å².